The molecule has 0 radical (unpaired) electrons. The summed E-state index contributed by atoms with van der Waals surface area (Å²) in [7, 11) is 0. The maximum absolute atomic E-state index is 12.2. The van der Waals surface area contributed by atoms with Crippen LogP contribution in [0, 0.1) is 11.3 Å². The zero-order valence-electron chi connectivity index (χ0n) is 10.9. The van der Waals surface area contributed by atoms with Crippen LogP contribution >= 0.6 is 0 Å². The molecule has 1 aromatic rings. The Morgan fingerprint density at radius 2 is 2.20 bits per heavy atom. The molecule has 0 aliphatic rings. The van der Waals surface area contributed by atoms with E-state index in [1.165, 1.54) is 6.07 Å². The Hall–Kier alpha value is -2.20. The largest absolute Gasteiger partial charge is 0.466 e. The number of benzene rings is 1. The van der Waals surface area contributed by atoms with Gasteiger partial charge in [0.05, 0.1) is 24.7 Å². The lowest BCUT2D eigenvalue weighted by Gasteiger charge is -2.13. The van der Waals surface area contributed by atoms with Crippen molar-refractivity contribution in [3.63, 3.8) is 0 Å². The second-order valence-corrected chi connectivity index (χ2v) is 3.78. The zero-order valence-corrected chi connectivity index (χ0v) is 10.9. The second-order valence-electron chi connectivity index (χ2n) is 3.78. The monoisotopic (exact) mass is 284 g/mol. The fourth-order valence-corrected chi connectivity index (χ4v) is 1.72. The third-order valence-corrected chi connectivity index (χ3v) is 2.51. The minimum Gasteiger partial charge on any atom is -0.466 e. The average Bonchev–Trinajstić information content (AvgIpc) is 2.39. The molecule has 0 atom stereocenters. The Balaban J connectivity index is 3.15. The van der Waals surface area contributed by atoms with Gasteiger partial charge in [-0.1, -0.05) is 0 Å². The van der Waals surface area contributed by atoms with E-state index in [0.717, 1.165) is 6.07 Å². The normalized spacial score (nSPS) is 10.2. The van der Waals surface area contributed by atoms with Gasteiger partial charge in [0.1, 0.15) is 5.75 Å². The van der Waals surface area contributed by atoms with Crippen molar-refractivity contribution in [2.75, 3.05) is 6.61 Å². The molecule has 0 aromatic heterocycles. The first-order chi connectivity index (χ1) is 9.51. The molecule has 0 aliphatic carbocycles. The summed E-state index contributed by atoms with van der Waals surface area (Å²) >= 11 is 0. The number of hydrogen-bond acceptors (Lipinski definition) is 5. The van der Waals surface area contributed by atoms with Crippen molar-refractivity contribution < 1.29 is 23.0 Å². The van der Waals surface area contributed by atoms with Crippen LogP contribution in [0.1, 0.15) is 23.6 Å². The first kappa shape index (κ1) is 15.9. The van der Waals surface area contributed by atoms with Crippen LogP contribution in [0.15, 0.2) is 12.1 Å². The molecule has 0 saturated heterocycles. The van der Waals surface area contributed by atoms with Crippen LogP contribution < -0.4 is 10.5 Å². The van der Waals surface area contributed by atoms with Gasteiger partial charge in [-0.2, -0.15) is 14.0 Å². The minimum atomic E-state index is -3.00. The predicted molar refractivity (Wildman–Crippen MR) is 66.0 cm³/mol. The Kier molecular flexibility index (Phi) is 5.87. The van der Waals surface area contributed by atoms with Gasteiger partial charge >= 0.3 is 12.6 Å². The van der Waals surface area contributed by atoms with Gasteiger partial charge in [-0.25, -0.2) is 0 Å². The van der Waals surface area contributed by atoms with E-state index in [1.807, 2.05) is 6.07 Å². The Bertz CT molecular complexity index is 527. The molecule has 0 unspecified atom stereocenters. The molecule has 7 heteroatoms. The molecule has 1 rings (SSSR count). The van der Waals surface area contributed by atoms with Gasteiger partial charge in [-0.3, -0.25) is 4.79 Å². The number of esters is 1. The van der Waals surface area contributed by atoms with Crippen molar-refractivity contribution in [1.82, 2.24) is 0 Å². The molecular weight excluding hydrogens is 270 g/mol. The summed E-state index contributed by atoms with van der Waals surface area (Å²) in [6.07, 6.45) is -0.141. The van der Waals surface area contributed by atoms with Gasteiger partial charge in [-0.15, -0.1) is 0 Å². The van der Waals surface area contributed by atoms with Crippen molar-refractivity contribution >= 4 is 5.97 Å². The lowest BCUT2D eigenvalue weighted by atomic mass is 9.98. The Morgan fingerprint density at radius 1 is 1.50 bits per heavy atom. The van der Waals surface area contributed by atoms with Crippen molar-refractivity contribution in [2.24, 2.45) is 5.73 Å². The highest BCUT2D eigenvalue weighted by Gasteiger charge is 2.16. The number of halogens is 2. The van der Waals surface area contributed by atoms with Crippen molar-refractivity contribution in [3.8, 4) is 11.8 Å². The molecule has 108 valence electrons. The fraction of sp³-hybridized carbons (Fsp3) is 0.385. The SMILES string of the molecule is CCOC(=O)Cc1c(C#N)cc(OC(F)F)cc1CN. The number of carbonyl (C=O) groups is 1. The number of nitrogens with two attached hydrogens (primary N) is 1. The number of hydrogen-bond donors (Lipinski definition) is 1. The van der Waals surface area contributed by atoms with Gasteiger partial charge < -0.3 is 15.2 Å². The third-order valence-electron chi connectivity index (χ3n) is 2.51. The van der Waals surface area contributed by atoms with E-state index in [9.17, 15) is 13.6 Å². The number of nitriles is 1. The quantitative estimate of drug-likeness (QED) is 0.804. The number of carbonyl (C=O) groups excluding carboxylic acids is 1. The van der Waals surface area contributed by atoms with Gasteiger partial charge in [0.25, 0.3) is 0 Å². The molecule has 0 bridgehead atoms. The van der Waals surface area contributed by atoms with E-state index < -0.39 is 12.6 Å². The standard InChI is InChI=1S/C13H14F2N2O3/c1-2-19-12(18)5-11-8(6-16)3-10(20-13(14)15)4-9(11)7-17/h3-4,13H,2,5-6,16H2,1H3. The highest BCUT2D eigenvalue weighted by atomic mass is 19.3. The lowest BCUT2D eigenvalue weighted by molar-refractivity contribution is -0.142. The predicted octanol–water partition coefficient (Wildman–Crippen LogP) is 1.72. The maximum Gasteiger partial charge on any atom is 0.387 e. The highest BCUT2D eigenvalue weighted by Crippen LogP contribution is 2.24. The molecule has 0 amide bonds. The summed E-state index contributed by atoms with van der Waals surface area (Å²) in [6.45, 7) is -1.13. The summed E-state index contributed by atoms with van der Waals surface area (Å²) in [5.41, 5.74) is 6.35. The van der Waals surface area contributed by atoms with Crippen LogP contribution in [0.4, 0.5) is 8.78 Å². The topological polar surface area (TPSA) is 85.3 Å². The molecule has 1 aromatic carbocycles. The summed E-state index contributed by atoms with van der Waals surface area (Å²) in [6, 6.07) is 4.29. The molecule has 0 spiro atoms. The summed E-state index contributed by atoms with van der Waals surface area (Å²) in [4.78, 5) is 11.5. The van der Waals surface area contributed by atoms with E-state index in [0.29, 0.717) is 11.1 Å². The van der Waals surface area contributed by atoms with Crippen molar-refractivity contribution in [3.05, 3.63) is 28.8 Å². The van der Waals surface area contributed by atoms with Gasteiger partial charge in [0.2, 0.25) is 0 Å². The van der Waals surface area contributed by atoms with Crippen LogP contribution in [0.5, 0.6) is 5.75 Å². The summed E-state index contributed by atoms with van der Waals surface area (Å²) in [5.74, 6) is -0.675. The van der Waals surface area contributed by atoms with Crippen molar-refractivity contribution in [2.45, 2.75) is 26.5 Å². The first-order valence-electron chi connectivity index (χ1n) is 5.88. The minimum absolute atomic E-state index is 0.0101. The van der Waals surface area contributed by atoms with Crippen molar-refractivity contribution in [1.29, 1.82) is 5.26 Å². The van der Waals surface area contributed by atoms with Crippen LogP contribution in [0.3, 0.4) is 0 Å². The summed E-state index contributed by atoms with van der Waals surface area (Å²) < 4.78 is 33.4. The Labute approximate surface area is 114 Å². The van der Waals surface area contributed by atoms with Gasteiger partial charge in [-0.05, 0) is 30.2 Å². The lowest BCUT2D eigenvalue weighted by Crippen LogP contribution is -2.13. The molecule has 0 heterocycles. The van der Waals surface area contributed by atoms with E-state index in [4.69, 9.17) is 15.7 Å². The van der Waals surface area contributed by atoms with Crippen LogP contribution in [-0.2, 0) is 22.5 Å². The Morgan fingerprint density at radius 3 is 2.70 bits per heavy atom. The summed E-state index contributed by atoms with van der Waals surface area (Å²) in [5, 5.41) is 9.05. The number of ether oxygens (including phenoxy) is 2. The molecule has 5 nitrogen and oxygen atoms in total. The van der Waals surface area contributed by atoms with E-state index in [1.54, 1.807) is 6.92 Å². The van der Waals surface area contributed by atoms with Gasteiger partial charge in [0.15, 0.2) is 0 Å². The molecule has 20 heavy (non-hydrogen) atoms. The molecule has 0 fully saturated rings. The zero-order chi connectivity index (χ0) is 15.1. The molecular formula is C13H14F2N2O3. The third kappa shape index (κ3) is 4.17. The smallest absolute Gasteiger partial charge is 0.387 e. The van der Waals surface area contributed by atoms with Crippen LogP contribution in [-0.4, -0.2) is 19.2 Å². The fourth-order valence-electron chi connectivity index (χ4n) is 1.72. The number of alkyl halides is 2. The van der Waals surface area contributed by atoms with E-state index in [-0.39, 0.29) is 30.9 Å². The van der Waals surface area contributed by atoms with Crippen LogP contribution in [0.25, 0.3) is 0 Å². The van der Waals surface area contributed by atoms with E-state index >= 15 is 0 Å². The highest BCUT2D eigenvalue weighted by molar-refractivity contribution is 5.74. The van der Waals surface area contributed by atoms with E-state index in [2.05, 4.69) is 4.74 Å². The number of rotatable bonds is 6. The van der Waals surface area contributed by atoms with Crippen LogP contribution in [0.2, 0.25) is 0 Å². The number of nitrogens with zero attached hydrogens (tertiary/aromatic N) is 1. The molecule has 0 aliphatic heterocycles. The molecule has 0 saturated carbocycles. The van der Waals surface area contributed by atoms with Gasteiger partial charge in [0, 0.05) is 6.54 Å². The average molecular weight is 284 g/mol. The maximum atomic E-state index is 12.2. The first-order valence-corrected chi connectivity index (χ1v) is 5.88. The molecule has 2 N–H and O–H groups in total. The second kappa shape index (κ2) is 7.40.